The zero-order chi connectivity index (χ0) is 14.2. The van der Waals surface area contributed by atoms with Crippen molar-refractivity contribution in [3.8, 4) is 0 Å². The van der Waals surface area contributed by atoms with E-state index in [1.807, 2.05) is 12.1 Å². The zero-order valence-electron chi connectivity index (χ0n) is 10.7. The van der Waals surface area contributed by atoms with Crippen LogP contribution in [0, 0.1) is 0 Å². The predicted octanol–water partition coefficient (Wildman–Crippen LogP) is 1.86. The highest BCUT2D eigenvalue weighted by atomic mass is 32.2. The van der Waals surface area contributed by atoms with Crippen LogP contribution in [0.25, 0.3) is 10.9 Å². The van der Waals surface area contributed by atoms with Gasteiger partial charge in [-0.15, -0.1) is 0 Å². The summed E-state index contributed by atoms with van der Waals surface area (Å²) in [5, 5.41) is 13.0. The van der Waals surface area contributed by atoms with Gasteiger partial charge in [0.25, 0.3) is 5.91 Å². The van der Waals surface area contributed by atoms with E-state index < -0.39 is 11.5 Å². The van der Waals surface area contributed by atoms with Gasteiger partial charge in [-0.25, -0.2) is 4.79 Å². The van der Waals surface area contributed by atoms with Crippen molar-refractivity contribution in [1.29, 1.82) is 0 Å². The van der Waals surface area contributed by atoms with Crippen molar-refractivity contribution in [2.45, 2.75) is 12.0 Å². The van der Waals surface area contributed by atoms with Crippen LogP contribution in [0.1, 0.15) is 16.8 Å². The molecule has 1 aliphatic rings. The van der Waals surface area contributed by atoms with Gasteiger partial charge < -0.3 is 15.4 Å². The minimum Gasteiger partial charge on any atom is -0.479 e. The average Bonchev–Trinajstić information content (AvgIpc) is 3.06. The number of aliphatic carboxylic acids is 1. The van der Waals surface area contributed by atoms with Crippen LogP contribution in [0.5, 0.6) is 0 Å². The van der Waals surface area contributed by atoms with Gasteiger partial charge in [-0.05, 0) is 24.3 Å². The summed E-state index contributed by atoms with van der Waals surface area (Å²) in [5.74, 6) is -0.147. The number of carboxylic acid groups (broad SMARTS) is 1. The summed E-state index contributed by atoms with van der Waals surface area (Å²) >= 11 is 1.55. The van der Waals surface area contributed by atoms with Crippen molar-refractivity contribution in [1.82, 2.24) is 10.3 Å². The first-order valence-corrected chi connectivity index (χ1v) is 7.48. The van der Waals surface area contributed by atoms with Gasteiger partial charge >= 0.3 is 5.97 Å². The van der Waals surface area contributed by atoms with Gasteiger partial charge in [0.05, 0.1) is 11.1 Å². The Bertz CT molecular complexity index is 674. The molecule has 2 aromatic rings. The number of thioether (sulfide) groups is 1. The maximum absolute atomic E-state index is 12.4. The number of carbonyl (C=O) groups is 2. The van der Waals surface area contributed by atoms with Crippen LogP contribution in [-0.4, -0.2) is 39.0 Å². The molecular weight excluding hydrogens is 276 g/mol. The third kappa shape index (κ3) is 2.06. The molecule has 0 bridgehead atoms. The van der Waals surface area contributed by atoms with E-state index in [4.69, 9.17) is 0 Å². The average molecular weight is 290 g/mol. The number of hydrogen-bond acceptors (Lipinski definition) is 3. The van der Waals surface area contributed by atoms with E-state index in [2.05, 4.69) is 10.3 Å². The van der Waals surface area contributed by atoms with E-state index in [9.17, 15) is 14.7 Å². The molecule has 3 rings (SSSR count). The maximum atomic E-state index is 12.4. The number of aromatic amines is 1. The summed E-state index contributed by atoms with van der Waals surface area (Å²) in [6, 6.07) is 7.28. The second-order valence-corrected chi connectivity index (χ2v) is 6.00. The number of nitrogens with one attached hydrogen (secondary N) is 2. The van der Waals surface area contributed by atoms with Gasteiger partial charge in [0.2, 0.25) is 0 Å². The molecule has 0 aliphatic carbocycles. The Morgan fingerprint density at radius 2 is 2.20 bits per heavy atom. The highest BCUT2D eigenvalue weighted by molar-refractivity contribution is 7.99. The lowest BCUT2D eigenvalue weighted by atomic mass is 9.98. The minimum atomic E-state index is -1.14. The number of rotatable bonds is 3. The van der Waals surface area contributed by atoms with Crippen LogP contribution in [0.4, 0.5) is 0 Å². The van der Waals surface area contributed by atoms with E-state index >= 15 is 0 Å². The Morgan fingerprint density at radius 3 is 2.90 bits per heavy atom. The van der Waals surface area contributed by atoms with Crippen LogP contribution >= 0.6 is 11.8 Å². The van der Waals surface area contributed by atoms with Crippen LogP contribution in [0.2, 0.25) is 0 Å². The number of aromatic nitrogens is 1. The molecule has 5 nitrogen and oxygen atoms in total. The first-order chi connectivity index (χ1) is 9.62. The fourth-order valence-corrected chi connectivity index (χ4v) is 3.77. The van der Waals surface area contributed by atoms with Gasteiger partial charge in [0.15, 0.2) is 0 Å². The number of carbonyl (C=O) groups excluding carboxylic acids is 1. The van der Waals surface area contributed by atoms with E-state index in [0.717, 1.165) is 16.7 Å². The molecule has 104 valence electrons. The van der Waals surface area contributed by atoms with E-state index in [1.54, 1.807) is 30.1 Å². The number of carboxylic acids is 1. The van der Waals surface area contributed by atoms with Gasteiger partial charge in [0.1, 0.15) is 5.54 Å². The Morgan fingerprint density at radius 1 is 1.35 bits per heavy atom. The van der Waals surface area contributed by atoms with Crippen molar-refractivity contribution in [3.63, 3.8) is 0 Å². The Labute approximate surface area is 119 Å². The highest BCUT2D eigenvalue weighted by Gasteiger charge is 2.43. The van der Waals surface area contributed by atoms with Gasteiger partial charge in [0, 0.05) is 17.3 Å². The monoisotopic (exact) mass is 290 g/mol. The standard InChI is InChI=1S/C14H14N2O3S/c17-12(16-14(13(18)19)5-7-20-8-14)10-3-1-2-9-4-6-15-11(9)10/h1-4,6,15H,5,7-8H2,(H,16,17)(H,18,19). The molecule has 1 saturated heterocycles. The summed E-state index contributed by atoms with van der Waals surface area (Å²) in [6.45, 7) is 0. The first kappa shape index (κ1) is 13.1. The molecule has 1 aliphatic heterocycles. The quantitative estimate of drug-likeness (QED) is 0.806. The number of fused-ring (bicyclic) bond motifs is 1. The molecule has 6 heteroatoms. The number of benzene rings is 1. The summed E-state index contributed by atoms with van der Waals surface area (Å²) in [5.41, 5.74) is 0.0671. The highest BCUT2D eigenvalue weighted by Crippen LogP contribution is 2.29. The number of amides is 1. The van der Waals surface area contributed by atoms with E-state index in [1.165, 1.54) is 0 Å². The SMILES string of the molecule is O=C(NC1(C(=O)O)CCSC1)c1cccc2cc[nH]c12. The first-order valence-electron chi connectivity index (χ1n) is 6.32. The zero-order valence-corrected chi connectivity index (χ0v) is 11.5. The molecule has 3 N–H and O–H groups in total. The molecule has 1 fully saturated rings. The van der Waals surface area contributed by atoms with Crippen molar-refractivity contribution in [3.05, 3.63) is 36.0 Å². The molecule has 0 radical (unpaired) electrons. The normalized spacial score (nSPS) is 22.0. The number of H-pyrrole nitrogens is 1. The predicted molar refractivity (Wildman–Crippen MR) is 78.1 cm³/mol. The Hall–Kier alpha value is -1.95. The second-order valence-electron chi connectivity index (χ2n) is 4.89. The summed E-state index contributed by atoms with van der Waals surface area (Å²) in [7, 11) is 0. The van der Waals surface area contributed by atoms with Crippen LogP contribution in [-0.2, 0) is 4.79 Å². The lowest BCUT2D eigenvalue weighted by Crippen LogP contribution is -2.54. The van der Waals surface area contributed by atoms with E-state index in [-0.39, 0.29) is 5.91 Å². The van der Waals surface area contributed by atoms with Gasteiger partial charge in [-0.1, -0.05) is 12.1 Å². The third-order valence-corrected chi connectivity index (χ3v) is 4.81. The number of hydrogen-bond donors (Lipinski definition) is 3. The summed E-state index contributed by atoms with van der Waals surface area (Å²) in [6.07, 6.45) is 2.22. The van der Waals surface area contributed by atoms with Crippen molar-refractivity contribution in [2.24, 2.45) is 0 Å². The molecule has 1 unspecified atom stereocenters. The van der Waals surface area contributed by atoms with Crippen molar-refractivity contribution in [2.75, 3.05) is 11.5 Å². The second kappa shape index (κ2) is 4.86. The fourth-order valence-electron chi connectivity index (χ4n) is 2.44. The Kier molecular flexibility index (Phi) is 3.17. The molecule has 0 spiro atoms. The molecular formula is C14H14N2O3S. The number of para-hydroxylation sites is 1. The van der Waals surface area contributed by atoms with Crippen LogP contribution in [0.15, 0.2) is 30.5 Å². The van der Waals surface area contributed by atoms with Crippen LogP contribution < -0.4 is 5.32 Å². The molecule has 20 heavy (non-hydrogen) atoms. The molecule has 0 saturated carbocycles. The molecule has 1 aromatic heterocycles. The maximum Gasteiger partial charge on any atom is 0.330 e. The lowest BCUT2D eigenvalue weighted by molar-refractivity contribution is -0.143. The Balaban J connectivity index is 1.93. The topological polar surface area (TPSA) is 82.2 Å². The van der Waals surface area contributed by atoms with Gasteiger partial charge in [-0.2, -0.15) is 11.8 Å². The summed E-state index contributed by atoms with van der Waals surface area (Å²) in [4.78, 5) is 26.9. The minimum absolute atomic E-state index is 0.344. The third-order valence-electron chi connectivity index (χ3n) is 3.62. The largest absolute Gasteiger partial charge is 0.479 e. The fraction of sp³-hybridized carbons (Fsp3) is 0.286. The van der Waals surface area contributed by atoms with Crippen molar-refractivity contribution >= 4 is 34.5 Å². The smallest absolute Gasteiger partial charge is 0.330 e. The van der Waals surface area contributed by atoms with Crippen LogP contribution in [0.3, 0.4) is 0 Å². The van der Waals surface area contributed by atoms with E-state index in [0.29, 0.717) is 17.7 Å². The molecule has 2 heterocycles. The summed E-state index contributed by atoms with van der Waals surface area (Å²) < 4.78 is 0. The molecule has 1 atom stereocenters. The lowest BCUT2D eigenvalue weighted by Gasteiger charge is -2.24. The molecule has 1 aromatic carbocycles. The van der Waals surface area contributed by atoms with Crippen molar-refractivity contribution < 1.29 is 14.7 Å². The van der Waals surface area contributed by atoms with Gasteiger partial charge in [-0.3, -0.25) is 4.79 Å². The molecule has 1 amide bonds.